The van der Waals surface area contributed by atoms with Gasteiger partial charge in [-0.2, -0.15) is 0 Å². The van der Waals surface area contributed by atoms with Crippen molar-refractivity contribution in [2.45, 2.75) is 39.3 Å². The van der Waals surface area contributed by atoms with Crippen LogP contribution in [-0.4, -0.2) is 46.2 Å². The van der Waals surface area contributed by atoms with Gasteiger partial charge >= 0.3 is 0 Å². The van der Waals surface area contributed by atoms with Gasteiger partial charge in [-0.25, -0.2) is 0 Å². The summed E-state index contributed by atoms with van der Waals surface area (Å²) in [4.78, 5) is 6.35. The van der Waals surface area contributed by atoms with Gasteiger partial charge in [0.1, 0.15) is 0 Å². The zero-order valence-electron chi connectivity index (χ0n) is 13.6. The topological polar surface area (TPSA) is 45.4 Å². The van der Waals surface area contributed by atoms with Crippen LogP contribution in [0.2, 0.25) is 0 Å². The highest BCUT2D eigenvalue weighted by Crippen LogP contribution is 2.21. The van der Waals surface area contributed by atoms with Crippen molar-refractivity contribution in [2.75, 3.05) is 26.2 Å². The molecule has 1 aliphatic heterocycles. The molecule has 1 saturated heterocycles. The van der Waals surface area contributed by atoms with Gasteiger partial charge in [0.15, 0.2) is 0 Å². The normalized spacial score (nSPS) is 18.0. The third-order valence-corrected chi connectivity index (χ3v) is 4.75. The first-order valence-corrected chi connectivity index (χ1v) is 8.68. The standard InChI is InChI=1S/C16H24N4OS/c1-16(2,3)15-18-17-14(21-15)12-20-8-6-19(7-9-20)11-13-5-4-10-22-13/h4-5,10H,6-9,11-12H2,1-3H3. The van der Waals surface area contributed by atoms with Gasteiger partial charge in [0, 0.05) is 43.0 Å². The second-order valence-corrected chi connectivity index (χ2v) is 7.91. The van der Waals surface area contributed by atoms with E-state index in [2.05, 4.69) is 58.3 Å². The van der Waals surface area contributed by atoms with E-state index in [1.165, 1.54) is 4.88 Å². The second kappa shape index (κ2) is 6.48. The largest absolute Gasteiger partial charge is 0.423 e. The van der Waals surface area contributed by atoms with Crippen molar-refractivity contribution in [2.24, 2.45) is 0 Å². The maximum absolute atomic E-state index is 5.79. The van der Waals surface area contributed by atoms with Crippen molar-refractivity contribution < 1.29 is 4.42 Å². The van der Waals surface area contributed by atoms with Crippen molar-refractivity contribution in [3.63, 3.8) is 0 Å². The minimum Gasteiger partial charge on any atom is -0.423 e. The van der Waals surface area contributed by atoms with Gasteiger partial charge in [-0.05, 0) is 11.4 Å². The van der Waals surface area contributed by atoms with E-state index in [-0.39, 0.29) is 5.41 Å². The van der Waals surface area contributed by atoms with Crippen molar-refractivity contribution in [1.82, 2.24) is 20.0 Å². The average molecular weight is 320 g/mol. The van der Waals surface area contributed by atoms with Crippen LogP contribution in [0.4, 0.5) is 0 Å². The molecule has 1 fully saturated rings. The van der Waals surface area contributed by atoms with E-state index >= 15 is 0 Å². The van der Waals surface area contributed by atoms with E-state index in [0.717, 1.165) is 51.0 Å². The Bertz CT molecular complexity index is 580. The van der Waals surface area contributed by atoms with Crippen LogP contribution in [0, 0.1) is 0 Å². The van der Waals surface area contributed by atoms with E-state index in [1.807, 2.05) is 11.3 Å². The summed E-state index contributed by atoms with van der Waals surface area (Å²) in [7, 11) is 0. The number of rotatable bonds is 4. The molecule has 3 rings (SSSR count). The third-order valence-electron chi connectivity index (χ3n) is 3.89. The maximum Gasteiger partial charge on any atom is 0.230 e. The van der Waals surface area contributed by atoms with Gasteiger partial charge in [0.2, 0.25) is 11.8 Å². The molecule has 3 heterocycles. The van der Waals surface area contributed by atoms with Crippen LogP contribution in [0.25, 0.3) is 0 Å². The Labute approximate surface area is 135 Å². The number of hydrogen-bond acceptors (Lipinski definition) is 6. The fourth-order valence-electron chi connectivity index (χ4n) is 2.54. The molecule has 0 aliphatic carbocycles. The molecule has 2 aromatic rings. The molecule has 0 bridgehead atoms. The Balaban J connectivity index is 1.48. The van der Waals surface area contributed by atoms with Crippen molar-refractivity contribution in [1.29, 1.82) is 0 Å². The van der Waals surface area contributed by atoms with Gasteiger partial charge in [-0.3, -0.25) is 9.80 Å². The van der Waals surface area contributed by atoms with E-state index in [9.17, 15) is 0 Å². The van der Waals surface area contributed by atoms with Crippen molar-refractivity contribution in [3.05, 3.63) is 34.2 Å². The molecule has 5 nitrogen and oxygen atoms in total. The van der Waals surface area contributed by atoms with E-state index in [1.54, 1.807) is 0 Å². The first kappa shape index (κ1) is 15.6. The molecule has 1 aliphatic rings. The highest BCUT2D eigenvalue weighted by molar-refractivity contribution is 7.09. The van der Waals surface area contributed by atoms with Crippen LogP contribution in [0.5, 0.6) is 0 Å². The molecule has 0 unspecified atom stereocenters. The number of nitrogens with zero attached hydrogens (tertiary/aromatic N) is 4. The minimum absolute atomic E-state index is 0.0787. The van der Waals surface area contributed by atoms with Crippen LogP contribution >= 0.6 is 11.3 Å². The molecule has 2 aromatic heterocycles. The monoisotopic (exact) mass is 320 g/mol. The third kappa shape index (κ3) is 3.94. The molecule has 120 valence electrons. The molecule has 0 atom stereocenters. The summed E-state index contributed by atoms with van der Waals surface area (Å²) < 4.78 is 5.79. The van der Waals surface area contributed by atoms with Crippen LogP contribution in [0.1, 0.15) is 37.4 Å². The predicted octanol–water partition coefficient (Wildman–Crippen LogP) is 2.75. The number of hydrogen-bond donors (Lipinski definition) is 0. The predicted molar refractivity (Wildman–Crippen MR) is 87.9 cm³/mol. The first-order valence-electron chi connectivity index (χ1n) is 7.81. The lowest BCUT2D eigenvalue weighted by Crippen LogP contribution is -2.45. The van der Waals surface area contributed by atoms with Gasteiger partial charge in [0.25, 0.3) is 0 Å². The highest BCUT2D eigenvalue weighted by Gasteiger charge is 2.23. The zero-order valence-corrected chi connectivity index (χ0v) is 14.4. The fraction of sp³-hybridized carbons (Fsp3) is 0.625. The summed E-state index contributed by atoms with van der Waals surface area (Å²) in [5.41, 5.74) is -0.0787. The summed E-state index contributed by atoms with van der Waals surface area (Å²) in [5, 5.41) is 10.5. The summed E-state index contributed by atoms with van der Waals surface area (Å²) in [6, 6.07) is 4.34. The zero-order chi connectivity index (χ0) is 15.6. The minimum atomic E-state index is -0.0787. The Morgan fingerprint density at radius 3 is 2.32 bits per heavy atom. The molecule has 0 saturated carbocycles. The van der Waals surface area contributed by atoms with E-state index < -0.39 is 0 Å². The van der Waals surface area contributed by atoms with E-state index in [4.69, 9.17) is 4.42 Å². The van der Waals surface area contributed by atoms with Crippen LogP contribution in [0.15, 0.2) is 21.9 Å². The molecule has 0 radical (unpaired) electrons. The molecular weight excluding hydrogens is 296 g/mol. The Morgan fingerprint density at radius 1 is 1.09 bits per heavy atom. The summed E-state index contributed by atoms with van der Waals surface area (Å²) in [6.45, 7) is 12.4. The lowest BCUT2D eigenvalue weighted by molar-refractivity contribution is 0.114. The lowest BCUT2D eigenvalue weighted by atomic mass is 9.97. The van der Waals surface area contributed by atoms with Gasteiger partial charge in [-0.1, -0.05) is 26.8 Å². The first-order chi connectivity index (χ1) is 10.5. The molecule has 6 heteroatoms. The number of thiophene rings is 1. The van der Waals surface area contributed by atoms with Crippen LogP contribution in [-0.2, 0) is 18.5 Å². The number of aromatic nitrogens is 2. The van der Waals surface area contributed by atoms with Crippen molar-refractivity contribution in [3.8, 4) is 0 Å². The number of piperazine rings is 1. The SMILES string of the molecule is CC(C)(C)c1nnc(CN2CCN(Cc3cccs3)CC2)o1. The molecule has 0 N–H and O–H groups in total. The highest BCUT2D eigenvalue weighted by atomic mass is 32.1. The Morgan fingerprint density at radius 2 is 1.77 bits per heavy atom. The van der Waals surface area contributed by atoms with Crippen LogP contribution < -0.4 is 0 Å². The summed E-state index contributed by atoms with van der Waals surface area (Å²) in [6.07, 6.45) is 0. The van der Waals surface area contributed by atoms with Gasteiger partial charge in [0.05, 0.1) is 6.54 Å². The molecule has 22 heavy (non-hydrogen) atoms. The van der Waals surface area contributed by atoms with Crippen LogP contribution in [0.3, 0.4) is 0 Å². The Kier molecular flexibility index (Phi) is 4.61. The fourth-order valence-corrected chi connectivity index (χ4v) is 3.29. The van der Waals surface area contributed by atoms with E-state index in [0.29, 0.717) is 0 Å². The molecule has 0 amide bonds. The quantitative estimate of drug-likeness (QED) is 0.867. The maximum atomic E-state index is 5.79. The summed E-state index contributed by atoms with van der Waals surface area (Å²) in [5.74, 6) is 1.45. The molecular formula is C16H24N4OS. The second-order valence-electron chi connectivity index (χ2n) is 6.88. The Hall–Kier alpha value is -1.24. The molecule has 0 aromatic carbocycles. The van der Waals surface area contributed by atoms with Gasteiger partial charge in [-0.15, -0.1) is 21.5 Å². The molecule has 0 spiro atoms. The summed E-state index contributed by atoms with van der Waals surface area (Å²) >= 11 is 1.84. The van der Waals surface area contributed by atoms with Gasteiger partial charge < -0.3 is 4.42 Å². The lowest BCUT2D eigenvalue weighted by Gasteiger charge is -2.33. The average Bonchev–Trinajstić information content (AvgIpc) is 3.12. The smallest absolute Gasteiger partial charge is 0.230 e. The van der Waals surface area contributed by atoms with Crippen molar-refractivity contribution >= 4 is 11.3 Å².